The number of halogens is 1. The second kappa shape index (κ2) is 6.53. The van der Waals surface area contributed by atoms with Crippen LogP contribution in [0, 0.1) is 19.7 Å². The van der Waals surface area contributed by atoms with Crippen LogP contribution in [0.3, 0.4) is 0 Å². The number of hydrogen-bond donors (Lipinski definition) is 1. The molecule has 2 aromatic rings. The van der Waals surface area contributed by atoms with E-state index in [4.69, 9.17) is 4.74 Å². The number of benzene rings is 2. The molecule has 0 atom stereocenters. The molecule has 0 aliphatic carbocycles. The van der Waals surface area contributed by atoms with Crippen LogP contribution in [0.25, 0.3) is 0 Å². The second-order valence-electron chi connectivity index (χ2n) is 5.03. The molecule has 0 amide bonds. The summed E-state index contributed by atoms with van der Waals surface area (Å²) in [7, 11) is 1.83. The smallest absolute Gasteiger partial charge is 0.127 e. The van der Waals surface area contributed by atoms with Crippen LogP contribution in [-0.4, -0.2) is 7.05 Å². The molecule has 106 valence electrons. The van der Waals surface area contributed by atoms with Crippen molar-refractivity contribution in [3.63, 3.8) is 0 Å². The van der Waals surface area contributed by atoms with Crippen molar-refractivity contribution in [1.82, 2.24) is 5.32 Å². The van der Waals surface area contributed by atoms with Gasteiger partial charge >= 0.3 is 0 Å². The van der Waals surface area contributed by atoms with Gasteiger partial charge in [-0.25, -0.2) is 4.39 Å². The van der Waals surface area contributed by atoms with Crippen LogP contribution in [0.5, 0.6) is 5.75 Å². The Labute approximate surface area is 119 Å². The van der Waals surface area contributed by atoms with Gasteiger partial charge in [0.15, 0.2) is 0 Å². The van der Waals surface area contributed by atoms with Gasteiger partial charge in [0.2, 0.25) is 0 Å². The maximum absolute atomic E-state index is 13.5. The average Bonchev–Trinajstić information content (AvgIpc) is 2.40. The van der Waals surface area contributed by atoms with Gasteiger partial charge in [-0.05, 0) is 55.3 Å². The molecule has 1 N–H and O–H groups in total. The first-order valence-electron chi connectivity index (χ1n) is 6.71. The van der Waals surface area contributed by atoms with Crippen molar-refractivity contribution in [3.05, 3.63) is 64.5 Å². The van der Waals surface area contributed by atoms with E-state index in [2.05, 4.69) is 31.3 Å². The van der Waals surface area contributed by atoms with Crippen molar-refractivity contribution in [3.8, 4) is 5.75 Å². The van der Waals surface area contributed by atoms with Gasteiger partial charge in [-0.15, -0.1) is 0 Å². The molecule has 0 saturated carbocycles. The molecule has 2 nitrogen and oxygen atoms in total. The van der Waals surface area contributed by atoms with E-state index in [9.17, 15) is 4.39 Å². The maximum Gasteiger partial charge on any atom is 0.127 e. The van der Waals surface area contributed by atoms with E-state index in [0.29, 0.717) is 18.9 Å². The molecule has 0 aliphatic heterocycles. The molecule has 2 aromatic carbocycles. The molecular formula is C17H20FNO. The van der Waals surface area contributed by atoms with Gasteiger partial charge < -0.3 is 10.1 Å². The summed E-state index contributed by atoms with van der Waals surface area (Å²) >= 11 is 0. The molecule has 0 saturated heterocycles. The van der Waals surface area contributed by atoms with Gasteiger partial charge in [-0.3, -0.25) is 0 Å². The predicted octanol–water partition coefficient (Wildman–Crippen LogP) is 3.74. The molecule has 0 radical (unpaired) electrons. The predicted molar refractivity (Wildman–Crippen MR) is 79.4 cm³/mol. The van der Waals surface area contributed by atoms with Crippen molar-refractivity contribution in [2.45, 2.75) is 27.0 Å². The summed E-state index contributed by atoms with van der Waals surface area (Å²) in [5, 5.41) is 3.00. The molecule has 0 spiro atoms. The highest BCUT2D eigenvalue weighted by Crippen LogP contribution is 2.18. The molecule has 0 bridgehead atoms. The van der Waals surface area contributed by atoms with Crippen molar-refractivity contribution in [1.29, 1.82) is 0 Å². The lowest BCUT2D eigenvalue weighted by molar-refractivity contribution is 0.304. The van der Waals surface area contributed by atoms with E-state index in [-0.39, 0.29) is 5.82 Å². The Morgan fingerprint density at radius 2 is 1.80 bits per heavy atom. The first-order valence-corrected chi connectivity index (χ1v) is 6.71. The third-order valence-corrected chi connectivity index (χ3v) is 3.29. The molecule has 3 heteroatoms. The van der Waals surface area contributed by atoms with Crippen molar-refractivity contribution < 1.29 is 9.13 Å². The van der Waals surface area contributed by atoms with Gasteiger partial charge in [0.05, 0.1) is 0 Å². The molecule has 0 fully saturated rings. The zero-order valence-corrected chi connectivity index (χ0v) is 12.2. The highest BCUT2D eigenvalue weighted by atomic mass is 19.1. The molecule has 0 heterocycles. The minimum Gasteiger partial charge on any atom is -0.489 e. The normalized spacial score (nSPS) is 10.6. The van der Waals surface area contributed by atoms with Gasteiger partial charge in [0, 0.05) is 12.6 Å². The number of hydrogen-bond acceptors (Lipinski definition) is 2. The third-order valence-electron chi connectivity index (χ3n) is 3.29. The largest absolute Gasteiger partial charge is 0.489 e. The lowest BCUT2D eigenvalue weighted by atomic mass is 10.1. The minimum atomic E-state index is -0.271. The van der Waals surface area contributed by atoms with Gasteiger partial charge in [0.25, 0.3) is 0 Å². The quantitative estimate of drug-likeness (QED) is 0.896. The van der Waals surface area contributed by atoms with Crippen LogP contribution >= 0.6 is 0 Å². The minimum absolute atomic E-state index is 0.271. The average molecular weight is 273 g/mol. The highest BCUT2D eigenvalue weighted by molar-refractivity contribution is 5.32. The van der Waals surface area contributed by atoms with Gasteiger partial charge in [-0.1, -0.05) is 18.2 Å². The SMILES string of the molecule is CNCc1cc(F)cc(OCc2ccc(C)c(C)c2)c1. The van der Waals surface area contributed by atoms with Crippen LogP contribution < -0.4 is 10.1 Å². The summed E-state index contributed by atoms with van der Waals surface area (Å²) in [6.07, 6.45) is 0. The van der Waals surface area contributed by atoms with Gasteiger partial charge in [0.1, 0.15) is 18.2 Å². The number of rotatable bonds is 5. The lowest BCUT2D eigenvalue weighted by Gasteiger charge is -2.10. The van der Waals surface area contributed by atoms with E-state index < -0.39 is 0 Å². The second-order valence-corrected chi connectivity index (χ2v) is 5.03. The Hall–Kier alpha value is -1.87. The molecule has 20 heavy (non-hydrogen) atoms. The Morgan fingerprint density at radius 3 is 2.50 bits per heavy atom. The highest BCUT2D eigenvalue weighted by Gasteiger charge is 2.03. The van der Waals surface area contributed by atoms with E-state index in [1.807, 2.05) is 19.2 Å². The summed E-state index contributed by atoms with van der Waals surface area (Å²) in [5.41, 5.74) is 4.46. The first-order chi connectivity index (χ1) is 9.58. The van der Waals surface area contributed by atoms with E-state index >= 15 is 0 Å². The standard InChI is InChI=1S/C17H20FNO/c1-12-4-5-14(6-13(12)2)11-20-17-8-15(10-19-3)7-16(18)9-17/h4-9,19H,10-11H2,1-3H3. The summed E-state index contributed by atoms with van der Waals surface area (Å²) in [4.78, 5) is 0. The van der Waals surface area contributed by atoms with Crippen LogP contribution in [0.2, 0.25) is 0 Å². The molecular weight excluding hydrogens is 253 g/mol. The fraction of sp³-hybridized carbons (Fsp3) is 0.294. The molecule has 0 unspecified atom stereocenters. The Kier molecular flexibility index (Phi) is 4.74. The molecule has 0 aliphatic rings. The third kappa shape index (κ3) is 3.81. The van der Waals surface area contributed by atoms with Crippen LogP contribution in [0.1, 0.15) is 22.3 Å². The van der Waals surface area contributed by atoms with Crippen molar-refractivity contribution in [2.24, 2.45) is 0 Å². The fourth-order valence-electron chi connectivity index (χ4n) is 2.07. The Balaban J connectivity index is 2.08. The number of aryl methyl sites for hydroxylation is 2. The fourth-order valence-corrected chi connectivity index (χ4v) is 2.07. The monoisotopic (exact) mass is 273 g/mol. The zero-order valence-electron chi connectivity index (χ0n) is 12.2. The van der Waals surface area contributed by atoms with Gasteiger partial charge in [-0.2, -0.15) is 0 Å². The Bertz CT molecular complexity index is 596. The van der Waals surface area contributed by atoms with Crippen molar-refractivity contribution in [2.75, 3.05) is 7.05 Å². The maximum atomic E-state index is 13.5. The van der Waals surface area contributed by atoms with E-state index in [1.54, 1.807) is 0 Å². The lowest BCUT2D eigenvalue weighted by Crippen LogP contribution is -2.06. The summed E-state index contributed by atoms with van der Waals surface area (Å²) < 4.78 is 19.2. The summed E-state index contributed by atoms with van der Waals surface area (Å²) in [6, 6.07) is 11.0. The van der Waals surface area contributed by atoms with E-state index in [0.717, 1.165) is 11.1 Å². The summed E-state index contributed by atoms with van der Waals surface area (Å²) in [5.74, 6) is 0.293. The number of nitrogens with one attached hydrogen (secondary N) is 1. The first kappa shape index (κ1) is 14.5. The Morgan fingerprint density at radius 1 is 1.00 bits per heavy atom. The topological polar surface area (TPSA) is 21.3 Å². The van der Waals surface area contributed by atoms with Crippen LogP contribution in [0.15, 0.2) is 36.4 Å². The van der Waals surface area contributed by atoms with Crippen LogP contribution in [0.4, 0.5) is 4.39 Å². The van der Waals surface area contributed by atoms with Crippen molar-refractivity contribution >= 4 is 0 Å². The van der Waals surface area contributed by atoms with E-state index in [1.165, 1.54) is 23.3 Å². The zero-order chi connectivity index (χ0) is 14.5. The summed E-state index contributed by atoms with van der Waals surface area (Å²) in [6.45, 7) is 5.23. The number of ether oxygens (including phenoxy) is 1. The molecule has 0 aromatic heterocycles. The van der Waals surface area contributed by atoms with Crippen LogP contribution in [-0.2, 0) is 13.2 Å². The molecule has 2 rings (SSSR count).